The van der Waals surface area contributed by atoms with Crippen LogP contribution in [-0.4, -0.2) is 27.1 Å². The zero-order valence-electron chi connectivity index (χ0n) is 14.8. The molecular formula is C21H15N3O4. The van der Waals surface area contributed by atoms with Gasteiger partial charge in [-0.05, 0) is 37.3 Å². The van der Waals surface area contributed by atoms with Gasteiger partial charge in [-0.3, -0.25) is 4.79 Å². The number of pyridine rings is 1. The van der Waals surface area contributed by atoms with Gasteiger partial charge in [-0.2, -0.15) is 0 Å². The Balaban J connectivity index is 1.75. The second-order valence-corrected chi connectivity index (χ2v) is 6.21. The smallest absolute Gasteiger partial charge is 0.335 e. The summed E-state index contributed by atoms with van der Waals surface area (Å²) in [5, 5.41) is 16.2. The maximum Gasteiger partial charge on any atom is 0.335 e. The molecule has 0 unspecified atom stereocenters. The van der Waals surface area contributed by atoms with E-state index < -0.39 is 5.97 Å². The zero-order chi connectivity index (χ0) is 19.7. The molecule has 4 aromatic rings. The molecule has 2 aromatic heterocycles. The molecule has 4 rings (SSSR count). The van der Waals surface area contributed by atoms with Crippen LogP contribution in [0.5, 0.6) is 0 Å². The van der Waals surface area contributed by atoms with Crippen LogP contribution in [0.2, 0.25) is 0 Å². The summed E-state index contributed by atoms with van der Waals surface area (Å²) in [6.45, 7) is 1.74. The number of aromatic nitrogens is 2. The van der Waals surface area contributed by atoms with Gasteiger partial charge in [0.1, 0.15) is 0 Å². The van der Waals surface area contributed by atoms with E-state index in [0.717, 1.165) is 5.56 Å². The van der Waals surface area contributed by atoms with Crippen molar-refractivity contribution in [2.45, 2.75) is 6.92 Å². The van der Waals surface area contributed by atoms with Crippen molar-refractivity contribution in [1.29, 1.82) is 0 Å². The van der Waals surface area contributed by atoms with E-state index in [1.165, 1.54) is 12.1 Å². The summed E-state index contributed by atoms with van der Waals surface area (Å²) in [6.07, 6.45) is 0. The Hall–Kier alpha value is -4.00. The van der Waals surface area contributed by atoms with Crippen LogP contribution in [0.25, 0.3) is 22.4 Å². The van der Waals surface area contributed by atoms with E-state index in [0.29, 0.717) is 28.0 Å². The summed E-state index contributed by atoms with van der Waals surface area (Å²) < 4.78 is 5.29. The molecule has 0 saturated carbocycles. The summed E-state index contributed by atoms with van der Waals surface area (Å²) in [5.41, 5.74) is 3.29. The first kappa shape index (κ1) is 17.4. The minimum Gasteiger partial charge on any atom is -0.478 e. The fourth-order valence-electron chi connectivity index (χ4n) is 2.93. The Morgan fingerprint density at radius 1 is 1.04 bits per heavy atom. The lowest BCUT2D eigenvalue weighted by Gasteiger charge is -2.08. The van der Waals surface area contributed by atoms with Gasteiger partial charge in [0, 0.05) is 11.3 Å². The molecule has 0 fully saturated rings. The number of carbonyl (C=O) groups excluding carboxylic acids is 1. The molecule has 7 nitrogen and oxygen atoms in total. The van der Waals surface area contributed by atoms with Gasteiger partial charge in [-0.1, -0.05) is 35.5 Å². The number of hydrogen-bond donors (Lipinski definition) is 2. The number of hydrogen-bond acceptors (Lipinski definition) is 5. The number of carboxylic acids is 1. The monoisotopic (exact) mass is 373 g/mol. The van der Waals surface area contributed by atoms with Crippen LogP contribution < -0.4 is 5.32 Å². The number of aryl methyl sites for hydroxylation is 1. The molecule has 0 bridgehead atoms. The highest BCUT2D eigenvalue weighted by molar-refractivity contribution is 6.13. The predicted molar refractivity (Wildman–Crippen MR) is 103 cm³/mol. The molecule has 7 heteroatoms. The van der Waals surface area contributed by atoms with Crippen LogP contribution in [0, 0.1) is 6.92 Å². The molecule has 0 aliphatic heterocycles. The molecule has 138 valence electrons. The molecule has 2 N–H and O–H groups in total. The number of nitrogens with one attached hydrogen (secondary N) is 1. The highest BCUT2D eigenvalue weighted by Gasteiger charge is 2.19. The van der Waals surface area contributed by atoms with Crippen LogP contribution in [-0.2, 0) is 0 Å². The Morgan fingerprint density at radius 3 is 2.43 bits per heavy atom. The highest BCUT2D eigenvalue weighted by atomic mass is 16.5. The summed E-state index contributed by atoms with van der Waals surface area (Å²) in [6, 6.07) is 17.1. The first-order valence-corrected chi connectivity index (χ1v) is 8.50. The normalized spacial score (nSPS) is 10.8. The maximum absolute atomic E-state index is 13.0. The summed E-state index contributed by atoms with van der Waals surface area (Å²) in [4.78, 5) is 28.4. The summed E-state index contributed by atoms with van der Waals surface area (Å²) in [7, 11) is 0. The molecule has 1 amide bonds. The van der Waals surface area contributed by atoms with Crippen LogP contribution in [0.1, 0.15) is 26.4 Å². The number of aromatic carboxylic acids is 1. The van der Waals surface area contributed by atoms with E-state index in [9.17, 15) is 9.59 Å². The van der Waals surface area contributed by atoms with Gasteiger partial charge in [0.25, 0.3) is 11.6 Å². The average molecular weight is 373 g/mol. The molecule has 0 atom stereocenters. The minimum atomic E-state index is -1.03. The van der Waals surface area contributed by atoms with E-state index in [2.05, 4.69) is 15.5 Å². The van der Waals surface area contributed by atoms with Crippen LogP contribution in [0.4, 0.5) is 5.69 Å². The average Bonchev–Trinajstić information content (AvgIpc) is 3.09. The molecular weight excluding hydrogens is 358 g/mol. The topological polar surface area (TPSA) is 105 Å². The third kappa shape index (κ3) is 3.21. The van der Waals surface area contributed by atoms with Crippen molar-refractivity contribution >= 4 is 28.7 Å². The van der Waals surface area contributed by atoms with Crippen LogP contribution in [0.15, 0.2) is 65.2 Å². The standard InChI is InChI=1S/C21H15N3O4/c1-12-18-16(19(25)22-15-9-7-14(8-10-15)21(26)27)11-17(23-20(18)28-24-12)13-5-3-2-4-6-13/h2-11H,1H3,(H,22,25)(H,26,27). The third-order valence-electron chi connectivity index (χ3n) is 4.32. The van der Waals surface area contributed by atoms with Crippen molar-refractivity contribution in [3.63, 3.8) is 0 Å². The molecule has 28 heavy (non-hydrogen) atoms. The van der Waals surface area contributed by atoms with E-state index >= 15 is 0 Å². The van der Waals surface area contributed by atoms with Gasteiger partial charge < -0.3 is 14.9 Å². The third-order valence-corrected chi connectivity index (χ3v) is 4.32. The fourth-order valence-corrected chi connectivity index (χ4v) is 2.93. The van der Waals surface area contributed by atoms with Gasteiger partial charge in [-0.25, -0.2) is 9.78 Å². The molecule has 0 spiro atoms. The second-order valence-electron chi connectivity index (χ2n) is 6.21. The van der Waals surface area contributed by atoms with Crippen molar-refractivity contribution in [1.82, 2.24) is 10.1 Å². The Bertz CT molecular complexity index is 1180. The number of amides is 1. The Labute approximate surface area is 159 Å². The number of anilines is 1. The number of nitrogens with zero attached hydrogens (tertiary/aromatic N) is 2. The number of fused-ring (bicyclic) bond motifs is 1. The molecule has 0 saturated heterocycles. The molecule has 0 aliphatic rings. The van der Waals surface area contributed by atoms with E-state index in [-0.39, 0.29) is 17.2 Å². The largest absolute Gasteiger partial charge is 0.478 e. The number of benzene rings is 2. The molecule has 2 heterocycles. The van der Waals surface area contributed by atoms with Gasteiger partial charge in [0.05, 0.1) is 27.9 Å². The fraction of sp³-hybridized carbons (Fsp3) is 0.0476. The lowest BCUT2D eigenvalue weighted by atomic mass is 10.0. The zero-order valence-corrected chi connectivity index (χ0v) is 14.8. The van der Waals surface area contributed by atoms with Gasteiger partial charge in [0.2, 0.25) is 0 Å². The molecule has 0 aliphatic carbocycles. The number of rotatable bonds is 4. The van der Waals surface area contributed by atoms with Gasteiger partial charge in [0.15, 0.2) is 0 Å². The Kier molecular flexibility index (Phi) is 4.33. The quantitative estimate of drug-likeness (QED) is 0.557. The van der Waals surface area contributed by atoms with Gasteiger partial charge >= 0.3 is 5.97 Å². The van der Waals surface area contributed by atoms with Crippen molar-refractivity contribution < 1.29 is 19.2 Å². The molecule has 0 radical (unpaired) electrons. The van der Waals surface area contributed by atoms with Crippen molar-refractivity contribution in [2.24, 2.45) is 0 Å². The number of carboxylic acid groups (broad SMARTS) is 1. The van der Waals surface area contributed by atoms with E-state index in [4.69, 9.17) is 9.63 Å². The van der Waals surface area contributed by atoms with Crippen LogP contribution >= 0.6 is 0 Å². The van der Waals surface area contributed by atoms with Crippen molar-refractivity contribution in [3.8, 4) is 11.3 Å². The summed E-state index contributed by atoms with van der Waals surface area (Å²) in [5.74, 6) is -1.39. The number of carbonyl (C=O) groups is 2. The SMILES string of the molecule is Cc1noc2nc(-c3ccccc3)cc(C(=O)Nc3ccc(C(=O)O)cc3)c12. The van der Waals surface area contributed by atoms with Crippen LogP contribution in [0.3, 0.4) is 0 Å². The van der Waals surface area contributed by atoms with E-state index in [1.807, 2.05) is 30.3 Å². The maximum atomic E-state index is 13.0. The predicted octanol–water partition coefficient (Wildman–Crippen LogP) is 4.15. The lowest BCUT2D eigenvalue weighted by molar-refractivity contribution is 0.0696. The van der Waals surface area contributed by atoms with E-state index in [1.54, 1.807) is 25.1 Å². The van der Waals surface area contributed by atoms with Gasteiger partial charge in [-0.15, -0.1) is 0 Å². The van der Waals surface area contributed by atoms with Crippen molar-refractivity contribution in [3.05, 3.63) is 77.5 Å². The Morgan fingerprint density at radius 2 is 1.75 bits per heavy atom. The molecule has 2 aromatic carbocycles. The second kappa shape index (κ2) is 6.96. The first-order chi connectivity index (χ1) is 13.5. The lowest BCUT2D eigenvalue weighted by Crippen LogP contribution is -2.13. The van der Waals surface area contributed by atoms with Crippen molar-refractivity contribution in [2.75, 3.05) is 5.32 Å². The highest BCUT2D eigenvalue weighted by Crippen LogP contribution is 2.27. The minimum absolute atomic E-state index is 0.144. The first-order valence-electron chi connectivity index (χ1n) is 8.50. The summed E-state index contributed by atoms with van der Waals surface area (Å²) >= 11 is 0.